The van der Waals surface area contributed by atoms with E-state index in [1.165, 1.54) is 270 Å². The molecule has 5 aliphatic carbocycles. The zero-order valence-corrected chi connectivity index (χ0v) is 71.3. The fraction of sp³-hybridized carbons (Fsp3) is 0.901. The van der Waals surface area contributed by atoms with Gasteiger partial charge < -0.3 is 0 Å². The van der Waals surface area contributed by atoms with E-state index in [1.807, 2.05) is 0 Å². The maximum absolute atomic E-state index is 5.09. The summed E-state index contributed by atoms with van der Waals surface area (Å²) in [5, 5.41) is 0. The highest BCUT2D eigenvalue weighted by molar-refractivity contribution is 5.88. The van der Waals surface area contributed by atoms with Gasteiger partial charge in [0, 0.05) is 97.2 Å². The van der Waals surface area contributed by atoms with E-state index in [4.69, 9.17) is 44.9 Å². The second-order valence-electron chi connectivity index (χ2n) is 36.2. The molecule has 586 valence electrons. The van der Waals surface area contributed by atoms with Gasteiger partial charge in [-0.25, -0.2) is 0 Å². The van der Waals surface area contributed by atoms with Crippen molar-refractivity contribution in [2.45, 2.75) is 407 Å². The lowest BCUT2D eigenvalue weighted by Crippen LogP contribution is -2.32. The Morgan fingerprint density at radius 2 is 0.446 bits per heavy atom. The third-order valence-electron chi connectivity index (χ3n) is 19.8. The van der Waals surface area contributed by atoms with Crippen molar-refractivity contribution in [3.63, 3.8) is 0 Å². The first-order chi connectivity index (χ1) is 48.3. The van der Waals surface area contributed by atoms with Crippen molar-refractivity contribution >= 4 is 51.4 Å². The number of hydrogen-bond acceptors (Lipinski definition) is 10. The zero-order valence-electron chi connectivity index (χ0n) is 71.3. The quantitative estimate of drug-likeness (QED) is 0.0439. The van der Waals surface area contributed by atoms with Gasteiger partial charge in [-0.3, -0.25) is 49.8 Å². The molecule has 5 saturated carbocycles. The van der Waals surface area contributed by atoms with Gasteiger partial charge >= 0.3 is 0 Å². The van der Waals surface area contributed by atoms with Gasteiger partial charge in [0.15, 0.2) is 0 Å². The van der Waals surface area contributed by atoms with Crippen LogP contribution in [0.5, 0.6) is 0 Å². The SMILES string of the molecule is C(CCCN=C1CCCC1)CCN=C1CCCC1.C1CCC(=NC2CCC(N=C3CCCCC3)CC2)CC1.CC(C)CC(CC(C)C)=NCCCCCCN=C(CC(C)C)CC(C)C.CC(C)CC(CC(C)C)=NCCN(CCN=C(CC(C)C)CC(C)C)CCN=C(CC(C)C)CC(C)C. The molecule has 0 aromatic heterocycles. The van der Waals surface area contributed by atoms with Crippen LogP contribution in [0.3, 0.4) is 0 Å². The van der Waals surface area contributed by atoms with Crippen LogP contribution in [0.4, 0.5) is 0 Å². The maximum atomic E-state index is 5.09. The summed E-state index contributed by atoms with van der Waals surface area (Å²) in [5.74, 6) is 6.86. The fourth-order valence-electron chi connectivity index (χ4n) is 15.2. The van der Waals surface area contributed by atoms with E-state index in [-0.39, 0.29) is 0 Å². The van der Waals surface area contributed by atoms with Crippen LogP contribution in [0.2, 0.25) is 0 Å². The predicted octanol–water partition coefficient (Wildman–Crippen LogP) is 26.2. The van der Waals surface area contributed by atoms with Crippen LogP contribution in [0.1, 0.15) is 395 Å². The third-order valence-corrected chi connectivity index (χ3v) is 19.8. The average molecular weight is 1410 g/mol. The molecule has 0 aromatic rings. The van der Waals surface area contributed by atoms with E-state index in [0.29, 0.717) is 47.6 Å². The minimum Gasteiger partial charge on any atom is -0.298 e. The largest absolute Gasteiger partial charge is 0.298 e. The molecule has 0 unspecified atom stereocenters. The fourth-order valence-corrected chi connectivity index (χ4v) is 15.2. The second-order valence-corrected chi connectivity index (χ2v) is 36.2. The summed E-state index contributed by atoms with van der Waals surface area (Å²) in [7, 11) is 0. The Balaban J connectivity index is 0.000000475. The van der Waals surface area contributed by atoms with E-state index in [9.17, 15) is 0 Å². The Morgan fingerprint density at radius 3 is 0.673 bits per heavy atom. The molecule has 0 N–H and O–H groups in total. The smallest absolute Gasteiger partial charge is 0.0516 e. The van der Waals surface area contributed by atoms with Crippen LogP contribution in [0.25, 0.3) is 0 Å². The van der Waals surface area contributed by atoms with E-state index >= 15 is 0 Å². The lowest BCUT2D eigenvalue weighted by Gasteiger charge is -2.26. The van der Waals surface area contributed by atoms with Crippen molar-refractivity contribution in [2.24, 2.45) is 104 Å². The molecule has 0 aromatic carbocycles. The van der Waals surface area contributed by atoms with Crippen LogP contribution >= 0.6 is 0 Å². The van der Waals surface area contributed by atoms with E-state index in [1.54, 1.807) is 0 Å². The number of unbranched alkanes of at least 4 members (excludes halogenated alkanes) is 6. The third kappa shape index (κ3) is 56.0. The van der Waals surface area contributed by atoms with Crippen LogP contribution < -0.4 is 0 Å². The van der Waals surface area contributed by atoms with Gasteiger partial charge in [-0.1, -0.05) is 177 Å². The van der Waals surface area contributed by atoms with Crippen molar-refractivity contribution in [3.05, 3.63) is 0 Å². The number of nitrogens with zero attached hydrogens (tertiary/aromatic N) is 10. The molecular formula is C91H172N10. The first-order valence-electron chi connectivity index (χ1n) is 43.8. The summed E-state index contributed by atoms with van der Waals surface area (Å²) in [6.07, 6.45) is 50.9. The van der Waals surface area contributed by atoms with Crippen molar-refractivity contribution in [1.82, 2.24) is 4.90 Å². The first-order valence-corrected chi connectivity index (χ1v) is 43.8. The minimum absolute atomic E-state index is 0.630. The summed E-state index contributed by atoms with van der Waals surface area (Å²) < 4.78 is 0. The van der Waals surface area contributed by atoms with Gasteiger partial charge in [0.05, 0.1) is 31.7 Å². The number of hydrogen-bond donors (Lipinski definition) is 0. The lowest BCUT2D eigenvalue weighted by atomic mass is 9.90. The molecule has 0 heterocycles. The van der Waals surface area contributed by atoms with E-state index < -0.39 is 0 Å². The summed E-state index contributed by atoms with van der Waals surface area (Å²) in [6, 6.07) is 1.26. The van der Waals surface area contributed by atoms with Gasteiger partial charge in [0.1, 0.15) is 0 Å². The lowest BCUT2D eigenvalue weighted by molar-refractivity contribution is 0.297. The molecule has 5 rings (SSSR count). The van der Waals surface area contributed by atoms with Gasteiger partial charge in [0.2, 0.25) is 0 Å². The molecule has 0 aliphatic heterocycles. The Labute approximate surface area is 629 Å². The molecule has 5 fully saturated rings. The Bertz CT molecular complexity index is 2040. The molecule has 0 amide bonds. The monoisotopic (exact) mass is 1410 g/mol. The van der Waals surface area contributed by atoms with Crippen molar-refractivity contribution in [1.29, 1.82) is 0 Å². The molecule has 10 heteroatoms. The summed E-state index contributed by atoms with van der Waals surface area (Å²) >= 11 is 0. The molecule has 0 radical (unpaired) electrons. The van der Waals surface area contributed by atoms with Crippen molar-refractivity contribution < 1.29 is 0 Å². The standard InChI is InChI=1S/C33H66N4.C24H48N2.C18H30N2.C16H28N2/c1-25(2)19-31(20-26(3)4)34-13-16-37(17-14-35-32(21-27(5)6)22-28(7)8)18-15-36-33(23-29(9)10)24-30(11)12;1-19(2)15-23(16-20(3)4)25-13-11-9-10-12-14-26-24(17-21(5)6)18-22(7)8;1-3-7-15(8-4-1)19-17-11-13-18(14-12-17)20-16-9-5-2-6-10-16;1(7-13-17-15-9-3-4-10-15)2-8-14-18-16-11-5-6-12-16/h25-30H,13-24H2,1-12H3;19-22H,9-18H2,1-8H3;17-18H,1-14H2;1-14H2. The van der Waals surface area contributed by atoms with Gasteiger partial charge in [0.25, 0.3) is 0 Å². The Morgan fingerprint density at radius 1 is 0.248 bits per heavy atom. The van der Waals surface area contributed by atoms with E-state index in [2.05, 4.69) is 143 Å². The molecule has 10 nitrogen and oxygen atoms in total. The zero-order chi connectivity index (χ0) is 74.4. The van der Waals surface area contributed by atoms with Gasteiger partial charge in [-0.15, -0.1) is 0 Å². The summed E-state index contributed by atoms with van der Waals surface area (Å²) in [5.41, 5.74) is 13.1. The molecule has 0 spiro atoms. The molecule has 0 atom stereocenters. The van der Waals surface area contributed by atoms with E-state index in [0.717, 1.165) is 128 Å². The normalized spacial score (nSPS) is 17.3. The number of aliphatic imine (C=N–C) groups is 9. The first kappa shape index (κ1) is 94.1. The van der Waals surface area contributed by atoms with Gasteiger partial charge in [-0.2, -0.15) is 0 Å². The molecule has 5 aliphatic rings. The Hall–Kier alpha value is -3.01. The van der Waals surface area contributed by atoms with Gasteiger partial charge in [-0.05, 0) is 277 Å². The molecular weight excluding hydrogens is 1230 g/mol. The second kappa shape index (κ2) is 60.1. The highest BCUT2D eigenvalue weighted by atomic mass is 15.1. The van der Waals surface area contributed by atoms with Crippen LogP contribution in [0.15, 0.2) is 44.9 Å². The van der Waals surface area contributed by atoms with Crippen LogP contribution in [-0.2, 0) is 0 Å². The van der Waals surface area contributed by atoms with Crippen LogP contribution in [0, 0.1) is 59.2 Å². The Kier molecular flexibility index (Phi) is 55.9. The molecule has 101 heavy (non-hydrogen) atoms. The van der Waals surface area contributed by atoms with Crippen molar-refractivity contribution in [3.8, 4) is 0 Å². The number of rotatable bonds is 45. The van der Waals surface area contributed by atoms with Crippen molar-refractivity contribution in [2.75, 3.05) is 65.4 Å². The highest BCUT2D eigenvalue weighted by Gasteiger charge is 2.23. The average Bonchev–Trinajstić information content (AvgIpc) is 1.15. The summed E-state index contributed by atoms with van der Waals surface area (Å²) in [4.78, 5) is 47.1. The summed E-state index contributed by atoms with van der Waals surface area (Å²) in [6.45, 7) is 55.8. The topological polar surface area (TPSA) is 114 Å². The molecule has 0 bridgehead atoms. The maximum Gasteiger partial charge on any atom is 0.0516 e. The minimum atomic E-state index is 0.630. The molecule has 0 saturated heterocycles. The van der Waals surface area contributed by atoms with Crippen LogP contribution in [-0.4, -0.2) is 134 Å². The predicted molar refractivity (Wildman–Crippen MR) is 458 cm³/mol. The highest BCUT2D eigenvalue weighted by Crippen LogP contribution is 2.28.